The number of aromatic nitrogens is 2. The fraction of sp³-hybridized carbons (Fsp3) is 0.267. The van der Waals surface area contributed by atoms with Crippen molar-refractivity contribution >= 4 is 23.0 Å². The Kier molecular flexibility index (Phi) is 6.20. The summed E-state index contributed by atoms with van der Waals surface area (Å²) in [6, 6.07) is 23.8. The molecular weight excluding hydrogens is 448 g/mol. The summed E-state index contributed by atoms with van der Waals surface area (Å²) in [4.78, 5) is 6.98. The number of thiocarbonyl (C=S) groups is 1. The molecule has 1 fully saturated rings. The van der Waals surface area contributed by atoms with Gasteiger partial charge in [-0.25, -0.2) is 0 Å². The Morgan fingerprint density at radius 2 is 1.60 bits per heavy atom. The first kappa shape index (κ1) is 23.3. The topological polar surface area (TPSA) is 33.1 Å². The lowest BCUT2D eigenvalue weighted by molar-refractivity contribution is 0.565. The van der Waals surface area contributed by atoms with Crippen molar-refractivity contribution < 1.29 is 0 Å². The Labute approximate surface area is 213 Å². The predicted molar refractivity (Wildman–Crippen MR) is 148 cm³/mol. The minimum Gasteiger partial charge on any atom is -0.351 e. The summed E-state index contributed by atoms with van der Waals surface area (Å²) in [6.45, 7) is 10.9. The number of anilines is 1. The molecule has 4 aromatic rings. The lowest BCUT2D eigenvalue weighted by atomic mass is 9.96. The van der Waals surface area contributed by atoms with Crippen LogP contribution in [0.3, 0.4) is 0 Å². The molecule has 1 aliphatic rings. The first-order valence-corrected chi connectivity index (χ1v) is 12.6. The summed E-state index contributed by atoms with van der Waals surface area (Å²) in [5.41, 5.74) is 10.8. The van der Waals surface area contributed by atoms with Gasteiger partial charge in [-0.3, -0.25) is 4.98 Å². The largest absolute Gasteiger partial charge is 0.351 e. The standard InChI is InChI=1S/C30H32N4S/c1-6-23-10-12-24(13-11-23)34-29(28(32-30(34)35)27-9-7-8-14-31-27)26-18-21(4)33(22(26)5)25-16-19(2)15-20(3)17-25/h7-18,28-29H,6H2,1-5H3,(H,32,35)/t28-,29+/m0/s1. The molecular formula is C30H32N4S. The molecule has 0 aliphatic carbocycles. The maximum atomic E-state index is 5.93. The molecule has 0 radical (unpaired) electrons. The van der Waals surface area contributed by atoms with E-state index in [0.717, 1.165) is 22.9 Å². The van der Waals surface area contributed by atoms with Crippen LogP contribution in [-0.2, 0) is 6.42 Å². The van der Waals surface area contributed by atoms with E-state index in [1.165, 1.54) is 39.3 Å². The van der Waals surface area contributed by atoms with E-state index in [4.69, 9.17) is 17.2 Å². The minimum absolute atomic E-state index is 0.0178. The van der Waals surface area contributed by atoms with E-state index in [0.29, 0.717) is 0 Å². The molecule has 0 bridgehead atoms. The summed E-state index contributed by atoms with van der Waals surface area (Å²) < 4.78 is 2.37. The fourth-order valence-corrected chi connectivity index (χ4v) is 5.75. The van der Waals surface area contributed by atoms with Gasteiger partial charge >= 0.3 is 0 Å². The van der Waals surface area contributed by atoms with Crippen molar-refractivity contribution in [3.8, 4) is 5.69 Å². The number of nitrogens with one attached hydrogen (secondary N) is 1. The maximum Gasteiger partial charge on any atom is 0.174 e. The number of hydrogen-bond donors (Lipinski definition) is 1. The van der Waals surface area contributed by atoms with Crippen molar-refractivity contribution in [2.24, 2.45) is 0 Å². The van der Waals surface area contributed by atoms with Gasteiger partial charge in [0.05, 0.1) is 17.8 Å². The van der Waals surface area contributed by atoms with E-state index in [9.17, 15) is 0 Å². The zero-order chi connectivity index (χ0) is 24.7. The first-order valence-electron chi connectivity index (χ1n) is 12.2. The van der Waals surface area contributed by atoms with E-state index in [1.54, 1.807) is 0 Å². The quantitative estimate of drug-likeness (QED) is 0.317. The highest BCUT2D eigenvalue weighted by molar-refractivity contribution is 7.80. The number of rotatable bonds is 5. The second-order valence-corrected chi connectivity index (χ2v) is 9.91. The first-order chi connectivity index (χ1) is 16.9. The van der Waals surface area contributed by atoms with Gasteiger partial charge in [0.2, 0.25) is 0 Å². The number of nitrogens with zero attached hydrogens (tertiary/aromatic N) is 3. The van der Waals surface area contributed by atoms with Gasteiger partial charge in [0.1, 0.15) is 0 Å². The number of benzene rings is 2. The monoisotopic (exact) mass is 480 g/mol. The van der Waals surface area contributed by atoms with Gasteiger partial charge < -0.3 is 14.8 Å². The highest BCUT2D eigenvalue weighted by Crippen LogP contribution is 2.43. The fourth-order valence-electron chi connectivity index (χ4n) is 5.41. The molecule has 0 unspecified atom stereocenters. The predicted octanol–water partition coefficient (Wildman–Crippen LogP) is 6.85. The third-order valence-electron chi connectivity index (χ3n) is 6.97. The summed E-state index contributed by atoms with van der Waals surface area (Å²) >= 11 is 5.93. The zero-order valence-corrected chi connectivity index (χ0v) is 21.9. The molecule has 0 amide bonds. The smallest absolute Gasteiger partial charge is 0.174 e. The zero-order valence-electron chi connectivity index (χ0n) is 21.0. The minimum atomic E-state index is -0.0530. The van der Waals surface area contributed by atoms with Crippen LogP contribution in [0.4, 0.5) is 5.69 Å². The third-order valence-corrected chi connectivity index (χ3v) is 7.29. The second kappa shape index (κ2) is 9.31. The molecule has 2 aromatic heterocycles. The average molecular weight is 481 g/mol. The lowest BCUT2D eigenvalue weighted by Gasteiger charge is -2.28. The SMILES string of the molecule is CCc1ccc(N2C(=S)N[C@@H](c3ccccn3)[C@H]2c2cc(C)n(-c3cc(C)cc(C)c3)c2C)cc1. The van der Waals surface area contributed by atoms with E-state index in [2.05, 4.69) is 104 Å². The molecule has 3 heterocycles. The van der Waals surface area contributed by atoms with E-state index >= 15 is 0 Å². The van der Waals surface area contributed by atoms with Crippen LogP contribution in [0.25, 0.3) is 5.69 Å². The van der Waals surface area contributed by atoms with E-state index in [-0.39, 0.29) is 12.1 Å². The van der Waals surface area contributed by atoms with Gasteiger partial charge in [-0.2, -0.15) is 0 Å². The molecule has 4 nitrogen and oxygen atoms in total. The molecule has 35 heavy (non-hydrogen) atoms. The number of hydrogen-bond acceptors (Lipinski definition) is 2. The Morgan fingerprint density at radius 3 is 2.23 bits per heavy atom. The Bertz CT molecular complexity index is 1350. The molecule has 2 aromatic carbocycles. The Balaban J connectivity index is 1.67. The van der Waals surface area contributed by atoms with Gasteiger partial charge in [0, 0.05) is 29.0 Å². The molecule has 5 rings (SSSR count). The third kappa shape index (κ3) is 4.25. The molecule has 1 saturated heterocycles. The Morgan fingerprint density at radius 1 is 0.886 bits per heavy atom. The molecule has 0 spiro atoms. The summed E-state index contributed by atoms with van der Waals surface area (Å²) in [6.07, 6.45) is 2.87. The normalized spacial score (nSPS) is 17.6. The van der Waals surface area contributed by atoms with Crippen LogP contribution in [0.1, 0.15) is 58.3 Å². The summed E-state index contributed by atoms with van der Waals surface area (Å²) in [7, 11) is 0. The van der Waals surface area contributed by atoms with Crippen LogP contribution in [0.5, 0.6) is 0 Å². The summed E-state index contributed by atoms with van der Waals surface area (Å²) in [5.74, 6) is 0. The van der Waals surface area contributed by atoms with Crippen molar-refractivity contribution in [1.29, 1.82) is 0 Å². The maximum absolute atomic E-state index is 5.93. The van der Waals surface area contributed by atoms with Gasteiger partial charge in [-0.1, -0.05) is 31.2 Å². The van der Waals surface area contributed by atoms with E-state index < -0.39 is 0 Å². The van der Waals surface area contributed by atoms with Crippen LogP contribution >= 0.6 is 12.2 Å². The van der Waals surface area contributed by atoms with Crippen molar-refractivity contribution in [1.82, 2.24) is 14.9 Å². The number of pyridine rings is 1. The van der Waals surface area contributed by atoms with Gasteiger partial charge in [-0.05, 0) is 111 Å². The van der Waals surface area contributed by atoms with Crippen LogP contribution in [-0.4, -0.2) is 14.7 Å². The molecule has 178 valence electrons. The van der Waals surface area contributed by atoms with Crippen LogP contribution in [0.2, 0.25) is 0 Å². The molecule has 1 N–H and O–H groups in total. The highest BCUT2D eigenvalue weighted by Gasteiger charge is 2.42. The second-order valence-electron chi connectivity index (χ2n) is 9.52. The van der Waals surface area contributed by atoms with Crippen molar-refractivity contribution in [3.63, 3.8) is 0 Å². The van der Waals surface area contributed by atoms with Gasteiger partial charge in [0.25, 0.3) is 0 Å². The molecule has 2 atom stereocenters. The van der Waals surface area contributed by atoms with Crippen molar-refractivity contribution in [2.45, 2.75) is 53.1 Å². The average Bonchev–Trinajstić information content (AvgIpc) is 3.34. The van der Waals surface area contributed by atoms with E-state index in [1.807, 2.05) is 18.3 Å². The van der Waals surface area contributed by atoms with Crippen LogP contribution in [0.15, 0.2) is 72.9 Å². The van der Waals surface area contributed by atoms with Crippen molar-refractivity contribution in [3.05, 3.63) is 112 Å². The molecule has 1 aliphatic heterocycles. The van der Waals surface area contributed by atoms with Crippen LogP contribution in [0, 0.1) is 27.7 Å². The number of aryl methyl sites for hydroxylation is 4. The van der Waals surface area contributed by atoms with Gasteiger partial charge in [0.15, 0.2) is 5.11 Å². The summed E-state index contributed by atoms with van der Waals surface area (Å²) in [5, 5.41) is 4.32. The highest BCUT2D eigenvalue weighted by atomic mass is 32.1. The van der Waals surface area contributed by atoms with Gasteiger partial charge in [-0.15, -0.1) is 0 Å². The lowest BCUT2D eigenvalue weighted by Crippen LogP contribution is -2.29. The Hall–Kier alpha value is -3.44. The molecule has 0 saturated carbocycles. The van der Waals surface area contributed by atoms with Crippen molar-refractivity contribution in [2.75, 3.05) is 4.90 Å². The molecule has 5 heteroatoms. The van der Waals surface area contributed by atoms with Crippen LogP contribution < -0.4 is 10.2 Å².